The molecule has 2 aromatic heterocycles. The van der Waals surface area contributed by atoms with Crippen LogP contribution in [0.25, 0.3) is 22.0 Å². The summed E-state index contributed by atoms with van der Waals surface area (Å²) >= 11 is 0. The second-order valence-electron chi connectivity index (χ2n) is 6.52. The van der Waals surface area contributed by atoms with Gasteiger partial charge in [0.1, 0.15) is 11.9 Å². The molecular formula is C21H11F2N3O2. The Morgan fingerprint density at radius 3 is 2.89 bits per heavy atom. The van der Waals surface area contributed by atoms with E-state index in [2.05, 4.69) is 10.2 Å². The fourth-order valence-corrected chi connectivity index (χ4v) is 3.72. The zero-order valence-corrected chi connectivity index (χ0v) is 14.3. The first-order chi connectivity index (χ1) is 13.6. The summed E-state index contributed by atoms with van der Waals surface area (Å²) in [6, 6.07) is 9.73. The molecule has 0 spiro atoms. The fraction of sp³-hybridized carbons (Fsp3) is 0.0476. The van der Waals surface area contributed by atoms with Crippen molar-refractivity contribution in [3.63, 3.8) is 0 Å². The monoisotopic (exact) mass is 375 g/mol. The van der Waals surface area contributed by atoms with Gasteiger partial charge in [0, 0.05) is 34.6 Å². The van der Waals surface area contributed by atoms with Crippen molar-refractivity contribution in [2.24, 2.45) is 0 Å². The first kappa shape index (κ1) is 16.3. The number of aromatic hydroxyl groups is 1. The number of nitrogens with zero attached hydrogens (tertiary/aromatic N) is 2. The summed E-state index contributed by atoms with van der Waals surface area (Å²) < 4.78 is 34.9. The minimum Gasteiger partial charge on any atom is -0.505 e. The van der Waals surface area contributed by atoms with E-state index < -0.39 is 17.4 Å². The lowest BCUT2D eigenvalue weighted by Crippen LogP contribution is -1.97. The van der Waals surface area contributed by atoms with Crippen LogP contribution in [-0.2, 0) is 6.42 Å². The molecular weight excluding hydrogens is 364 g/mol. The molecule has 136 valence electrons. The topological polar surface area (TPSA) is 85.8 Å². The Morgan fingerprint density at radius 2 is 2.07 bits per heavy atom. The highest BCUT2D eigenvalue weighted by Gasteiger charge is 2.34. The number of phenols is 1. The standard InChI is InChI=1S/C21H11F2N3O2/c22-15-7-17(27)20(23)18-14(15)6-13(19(18)21-11(8-24)3-4-28-21)10-1-2-16-12(5-10)9-25-26-16/h1-5,7,9,27H,6H2,(H,25,26). The number of nitrogens with one attached hydrogen (secondary N) is 1. The van der Waals surface area contributed by atoms with E-state index in [1.54, 1.807) is 6.20 Å². The third kappa shape index (κ3) is 2.18. The van der Waals surface area contributed by atoms with Crippen molar-refractivity contribution in [2.45, 2.75) is 6.42 Å². The van der Waals surface area contributed by atoms with E-state index in [9.17, 15) is 19.1 Å². The van der Waals surface area contributed by atoms with E-state index in [4.69, 9.17) is 4.42 Å². The molecule has 2 heterocycles. The average Bonchev–Trinajstić information content (AvgIpc) is 3.41. The molecule has 4 aromatic rings. The van der Waals surface area contributed by atoms with Crippen molar-refractivity contribution < 1.29 is 18.3 Å². The average molecular weight is 375 g/mol. The molecule has 2 N–H and O–H groups in total. The van der Waals surface area contributed by atoms with Crippen LogP contribution in [0.5, 0.6) is 5.75 Å². The number of halogens is 2. The number of benzene rings is 2. The van der Waals surface area contributed by atoms with Crippen LogP contribution in [0.1, 0.15) is 28.0 Å². The molecule has 0 amide bonds. The number of hydrogen-bond donors (Lipinski definition) is 2. The molecule has 0 atom stereocenters. The van der Waals surface area contributed by atoms with E-state index in [-0.39, 0.29) is 34.4 Å². The van der Waals surface area contributed by atoms with Gasteiger partial charge in [0.25, 0.3) is 0 Å². The molecule has 5 nitrogen and oxygen atoms in total. The first-order valence-electron chi connectivity index (χ1n) is 8.43. The quantitative estimate of drug-likeness (QED) is 0.539. The van der Waals surface area contributed by atoms with Crippen molar-refractivity contribution >= 4 is 22.0 Å². The number of nitriles is 1. The summed E-state index contributed by atoms with van der Waals surface area (Å²) in [6.45, 7) is 0. The highest BCUT2D eigenvalue weighted by molar-refractivity contribution is 6.05. The van der Waals surface area contributed by atoms with Gasteiger partial charge >= 0.3 is 0 Å². The molecule has 0 radical (unpaired) electrons. The fourth-order valence-electron chi connectivity index (χ4n) is 3.72. The van der Waals surface area contributed by atoms with Gasteiger partial charge < -0.3 is 9.52 Å². The van der Waals surface area contributed by atoms with Gasteiger partial charge in [-0.3, -0.25) is 5.10 Å². The molecule has 0 bridgehead atoms. The molecule has 0 aliphatic heterocycles. The van der Waals surface area contributed by atoms with Gasteiger partial charge in [0.2, 0.25) is 0 Å². The van der Waals surface area contributed by atoms with Gasteiger partial charge in [-0.15, -0.1) is 0 Å². The molecule has 0 saturated heterocycles. The molecule has 28 heavy (non-hydrogen) atoms. The summed E-state index contributed by atoms with van der Waals surface area (Å²) in [5.74, 6) is -2.29. The summed E-state index contributed by atoms with van der Waals surface area (Å²) in [5, 5.41) is 26.9. The zero-order chi connectivity index (χ0) is 19.4. The Balaban J connectivity index is 1.85. The molecule has 0 unspecified atom stereocenters. The van der Waals surface area contributed by atoms with Crippen LogP contribution in [0.15, 0.2) is 47.2 Å². The Morgan fingerprint density at radius 1 is 1.21 bits per heavy atom. The Labute approximate surface area is 157 Å². The van der Waals surface area contributed by atoms with E-state index >= 15 is 0 Å². The van der Waals surface area contributed by atoms with Crippen molar-refractivity contribution in [3.05, 3.63) is 82.4 Å². The number of phenolic OH excluding ortho intramolecular Hbond substituents is 1. The van der Waals surface area contributed by atoms with Gasteiger partial charge in [-0.05, 0) is 29.3 Å². The first-order valence-corrected chi connectivity index (χ1v) is 8.43. The maximum absolute atomic E-state index is 14.9. The molecule has 5 rings (SSSR count). The van der Waals surface area contributed by atoms with Crippen LogP contribution in [0.4, 0.5) is 8.78 Å². The minimum atomic E-state index is -0.939. The van der Waals surface area contributed by atoms with Gasteiger partial charge in [0.05, 0.1) is 23.5 Å². The zero-order valence-electron chi connectivity index (χ0n) is 14.3. The number of fused-ring (bicyclic) bond motifs is 2. The lowest BCUT2D eigenvalue weighted by molar-refractivity contribution is 0.424. The highest BCUT2D eigenvalue weighted by Crippen LogP contribution is 2.47. The van der Waals surface area contributed by atoms with Crippen molar-refractivity contribution in [3.8, 4) is 11.8 Å². The second kappa shape index (κ2) is 5.79. The van der Waals surface area contributed by atoms with Gasteiger partial charge in [-0.1, -0.05) is 6.07 Å². The van der Waals surface area contributed by atoms with Crippen LogP contribution in [0.2, 0.25) is 0 Å². The lowest BCUT2D eigenvalue weighted by Gasteiger charge is -2.09. The highest BCUT2D eigenvalue weighted by atomic mass is 19.1. The number of H-pyrrole nitrogens is 1. The number of allylic oxidation sites excluding steroid dienone is 1. The Kier molecular flexibility index (Phi) is 3.36. The minimum absolute atomic E-state index is 0.0776. The molecule has 1 aliphatic carbocycles. The number of rotatable bonds is 2. The molecule has 2 aromatic carbocycles. The summed E-state index contributed by atoms with van der Waals surface area (Å²) in [7, 11) is 0. The number of hydrogen-bond acceptors (Lipinski definition) is 4. The maximum Gasteiger partial charge on any atom is 0.173 e. The van der Waals surface area contributed by atoms with Crippen LogP contribution in [0, 0.1) is 23.0 Å². The van der Waals surface area contributed by atoms with E-state index in [1.807, 2.05) is 24.3 Å². The van der Waals surface area contributed by atoms with Gasteiger partial charge in [-0.2, -0.15) is 10.4 Å². The second-order valence-corrected chi connectivity index (χ2v) is 6.52. The van der Waals surface area contributed by atoms with Gasteiger partial charge in [0.15, 0.2) is 17.3 Å². The lowest BCUT2D eigenvalue weighted by atomic mass is 9.96. The van der Waals surface area contributed by atoms with Crippen LogP contribution in [-0.4, -0.2) is 15.3 Å². The molecule has 0 fully saturated rings. The largest absolute Gasteiger partial charge is 0.505 e. The summed E-state index contributed by atoms with van der Waals surface area (Å²) in [5.41, 5.74) is 2.66. The van der Waals surface area contributed by atoms with E-state index in [1.165, 1.54) is 12.3 Å². The third-order valence-corrected chi connectivity index (χ3v) is 5.00. The predicted molar refractivity (Wildman–Crippen MR) is 97.2 cm³/mol. The maximum atomic E-state index is 14.9. The summed E-state index contributed by atoms with van der Waals surface area (Å²) in [6.07, 6.45) is 3.08. The summed E-state index contributed by atoms with van der Waals surface area (Å²) in [4.78, 5) is 0. The third-order valence-electron chi connectivity index (χ3n) is 5.00. The normalized spacial score (nSPS) is 13.2. The smallest absolute Gasteiger partial charge is 0.173 e. The van der Waals surface area contributed by atoms with Gasteiger partial charge in [-0.25, -0.2) is 8.78 Å². The van der Waals surface area contributed by atoms with Crippen LogP contribution in [0.3, 0.4) is 0 Å². The molecule has 7 heteroatoms. The number of aromatic amines is 1. The SMILES string of the molecule is N#Cc1ccoc1C1=C(c2ccc3[nH]ncc3c2)Cc2c(F)cc(O)c(F)c21. The Bertz CT molecular complexity index is 1340. The van der Waals surface area contributed by atoms with E-state index in [0.717, 1.165) is 22.5 Å². The molecule has 1 aliphatic rings. The Hall–Kier alpha value is -3.92. The van der Waals surface area contributed by atoms with Crippen LogP contribution >= 0.6 is 0 Å². The van der Waals surface area contributed by atoms with Crippen molar-refractivity contribution in [1.82, 2.24) is 10.2 Å². The van der Waals surface area contributed by atoms with Crippen molar-refractivity contribution in [2.75, 3.05) is 0 Å². The van der Waals surface area contributed by atoms with E-state index in [0.29, 0.717) is 5.57 Å². The predicted octanol–water partition coefficient (Wildman–Crippen LogP) is 4.53. The number of furan rings is 1. The van der Waals surface area contributed by atoms with Crippen LogP contribution < -0.4 is 0 Å². The van der Waals surface area contributed by atoms with Crippen molar-refractivity contribution in [1.29, 1.82) is 5.26 Å². The molecule has 0 saturated carbocycles. The number of aromatic nitrogens is 2.